The summed E-state index contributed by atoms with van der Waals surface area (Å²) in [6.07, 6.45) is 3.78. The largest absolute Gasteiger partial charge is 0.507 e. The number of aromatic nitrogens is 4. The monoisotopic (exact) mass is 489 g/mol. The number of rotatable bonds is 4. The number of benzene rings is 1. The standard InChI is InChI=1S/C24H20ClN7O3/c1-11-6-16(33)19(24(34)32(11)5-4-13-9-29-10-30-13)18-14-7-12(25)2-3-17(14)35-23-20(18)21(27)15(8-26)22(28)31-23/h2-3,6-7,9-10,18,33H,4-5H2,1H3,(H,29,30)(H4,27,28,31). The van der Waals surface area contributed by atoms with Gasteiger partial charge in [0.1, 0.15) is 28.9 Å². The highest BCUT2D eigenvalue weighted by molar-refractivity contribution is 6.30. The van der Waals surface area contributed by atoms with Gasteiger partial charge in [0.2, 0.25) is 5.88 Å². The summed E-state index contributed by atoms with van der Waals surface area (Å²) in [5, 5.41) is 21.0. The average Bonchev–Trinajstić information content (AvgIpc) is 3.32. The van der Waals surface area contributed by atoms with Crippen molar-refractivity contribution in [1.29, 1.82) is 5.26 Å². The van der Waals surface area contributed by atoms with Crippen LogP contribution < -0.4 is 21.8 Å². The van der Waals surface area contributed by atoms with Gasteiger partial charge in [-0.2, -0.15) is 10.2 Å². The van der Waals surface area contributed by atoms with Crippen molar-refractivity contribution in [3.8, 4) is 23.4 Å². The highest BCUT2D eigenvalue weighted by atomic mass is 35.5. The van der Waals surface area contributed by atoms with Crippen LogP contribution in [0.3, 0.4) is 0 Å². The van der Waals surface area contributed by atoms with E-state index in [1.807, 2.05) is 6.07 Å². The van der Waals surface area contributed by atoms with Gasteiger partial charge in [0, 0.05) is 41.1 Å². The van der Waals surface area contributed by atoms with Crippen LogP contribution >= 0.6 is 11.6 Å². The summed E-state index contributed by atoms with van der Waals surface area (Å²) >= 11 is 6.29. The predicted octanol–water partition coefficient (Wildman–Crippen LogP) is 3.20. The Morgan fingerprint density at radius 3 is 2.83 bits per heavy atom. The Balaban J connectivity index is 1.77. The van der Waals surface area contributed by atoms with E-state index >= 15 is 0 Å². The zero-order valence-corrected chi connectivity index (χ0v) is 19.3. The Morgan fingerprint density at radius 2 is 2.11 bits per heavy atom. The molecule has 1 aromatic carbocycles. The maximum atomic E-state index is 13.9. The van der Waals surface area contributed by atoms with Gasteiger partial charge in [-0.3, -0.25) is 4.79 Å². The van der Waals surface area contributed by atoms with E-state index in [-0.39, 0.29) is 39.8 Å². The van der Waals surface area contributed by atoms with Gasteiger partial charge >= 0.3 is 0 Å². The lowest BCUT2D eigenvalue weighted by atomic mass is 9.82. The highest BCUT2D eigenvalue weighted by Gasteiger charge is 2.37. The highest BCUT2D eigenvalue weighted by Crippen LogP contribution is 2.51. The lowest BCUT2D eigenvalue weighted by Gasteiger charge is -2.30. The summed E-state index contributed by atoms with van der Waals surface area (Å²) in [6, 6.07) is 8.40. The third-order valence-corrected chi connectivity index (χ3v) is 6.36. The molecule has 10 nitrogen and oxygen atoms in total. The number of pyridine rings is 2. The Kier molecular flexibility index (Phi) is 5.34. The average molecular weight is 490 g/mol. The van der Waals surface area contributed by atoms with Crippen molar-refractivity contribution in [2.24, 2.45) is 0 Å². The van der Waals surface area contributed by atoms with E-state index in [9.17, 15) is 15.2 Å². The number of halogens is 1. The van der Waals surface area contributed by atoms with Gasteiger partial charge in [0.15, 0.2) is 0 Å². The Morgan fingerprint density at radius 1 is 1.31 bits per heavy atom. The number of imidazole rings is 1. The quantitative estimate of drug-likeness (QED) is 0.298. The maximum Gasteiger partial charge on any atom is 0.258 e. The molecule has 4 heterocycles. The molecule has 35 heavy (non-hydrogen) atoms. The first-order valence-corrected chi connectivity index (χ1v) is 11.0. The molecule has 176 valence electrons. The van der Waals surface area contributed by atoms with Gasteiger partial charge < -0.3 is 30.9 Å². The van der Waals surface area contributed by atoms with Gasteiger partial charge in [-0.15, -0.1) is 0 Å². The molecule has 5 rings (SSSR count). The third kappa shape index (κ3) is 3.62. The molecule has 0 bridgehead atoms. The Bertz CT molecular complexity index is 1570. The molecule has 0 radical (unpaired) electrons. The van der Waals surface area contributed by atoms with Crippen molar-refractivity contribution in [1.82, 2.24) is 19.5 Å². The van der Waals surface area contributed by atoms with Crippen LogP contribution in [0, 0.1) is 18.3 Å². The molecule has 0 saturated carbocycles. The molecule has 1 aliphatic heterocycles. The van der Waals surface area contributed by atoms with E-state index in [0.29, 0.717) is 35.0 Å². The second-order valence-corrected chi connectivity index (χ2v) is 8.64. The van der Waals surface area contributed by atoms with Crippen molar-refractivity contribution >= 4 is 23.1 Å². The minimum absolute atomic E-state index is 0.0222. The van der Waals surface area contributed by atoms with Gasteiger partial charge in [-0.1, -0.05) is 11.6 Å². The van der Waals surface area contributed by atoms with Crippen LogP contribution in [-0.4, -0.2) is 24.6 Å². The number of aryl methyl sites for hydroxylation is 2. The summed E-state index contributed by atoms with van der Waals surface area (Å²) < 4.78 is 7.51. The van der Waals surface area contributed by atoms with Crippen LogP contribution in [0.15, 0.2) is 41.6 Å². The number of nitrogens with zero attached hydrogens (tertiary/aromatic N) is 4. The molecule has 1 unspecified atom stereocenters. The molecule has 6 N–H and O–H groups in total. The van der Waals surface area contributed by atoms with Gasteiger partial charge in [0.05, 0.1) is 29.1 Å². The van der Waals surface area contributed by atoms with Gasteiger partial charge in [0.25, 0.3) is 5.56 Å². The number of nitrogens with two attached hydrogens (primary N) is 2. The zero-order valence-electron chi connectivity index (χ0n) is 18.5. The summed E-state index contributed by atoms with van der Waals surface area (Å²) in [7, 11) is 0. The van der Waals surface area contributed by atoms with E-state index in [2.05, 4.69) is 15.0 Å². The Hall–Kier alpha value is -4.49. The number of H-pyrrole nitrogens is 1. The van der Waals surface area contributed by atoms with Crippen molar-refractivity contribution in [3.05, 3.63) is 85.8 Å². The van der Waals surface area contributed by atoms with E-state index < -0.39 is 11.5 Å². The smallest absolute Gasteiger partial charge is 0.258 e. The molecule has 0 spiro atoms. The van der Waals surface area contributed by atoms with Crippen molar-refractivity contribution < 1.29 is 9.84 Å². The Labute approximate surface area is 204 Å². The number of fused-ring (bicyclic) bond motifs is 2. The van der Waals surface area contributed by atoms with E-state index in [1.165, 1.54) is 6.07 Å². The molecule has 0 aliphatic carbocycles. The van der Waals surface area contributed by atoms with Crippen molar-refractivity contribution in [2.45, 2.75) is 25.8 Å². The lowest BCUT2D eigenvalue weighted by molar-refractivity contribution is 0.426. The molecule has 0 amide bonds. The maximum absolute atomic E-state index is 13.9. The first-order valence-electron chi connectivity index (χ1n) is 10.7. The number of nitriles is 1. The number of aromatic hydroxyl groups is 1. The van der Waals surface area contributed by atoms with E-state index in [1.54, 1.807) is 42.2 Å². The second kappa shape index (κ2) is 8.38. The fourth-order valence-corrected chi connectivity index (χ4v) is 4.64. The molecule has 0 saturated heterocycles. The van der Waals surface area contributed by atoms with E-state index in [0.717, 1.165) is 5.69 Å². The number of hydrogen-bond acceptors (Lipinski definition) is 8. The lowest BCUT2D eigenvalue weighted by Crippen LogP contribution is -2.30. The summed E-state index contributed by atoms with van der Waals surface area (Å²) in [5.41, 5.74) is 14.2. The first kappa shape index (κ1) is 22.3. The van der Waals surface area contributed by atoms with Crippen molar-refractivity contribution in [3.63, 3.8) is 0 Å². The normalized spacial score (nSPS) is 14.0. The molecule has 1 atom stereocenters. The topological polar surface area (TPSA) is 169 Å². The molecule has 3 aromatic heterocycles. The second-order valence-electron chi connectivity index (χ2n) is 8.20. The van der Waals surface area contributed by atoms with Crippen molar-refractivity contribution in [2.75, 3.05) is 11.5 Å². The van der Waals surface area contributed by atoms with Crippen LogP contribution in [0.5, 0.6) is 17.4 Å². The number of nitrogens with one attached hydrogen (secondary N) is 1. The van der Waals surface area contributed by atoms with Gasteiger partial charge in [-0.25, -0.2) is 4.98 Å². The summed E-state index contributed by atoms with van der Waals surface area (Å²) in [5.74, 6) is -0.776. The number of hydrogen-bond donors (Lipinski definition) is 4. The summed E-state index contributed by atoms with van der Waals surface area (Å²) in [4.78, 5) is 25.1. The van der Waals surface area contributed by atoms with E-state index in [4.69, 9.17) is 27.8 Å². The molecule has 4 aromatic rings. The zero-order chi connectivity index (χ0) is 24.9. The molecular formula is C24H20ClN7O3. The number of anilines is 2. The number of aromatic amines is 1. The minimum atomic E-state index is -0.904. The fraction of sp³-hybridized carbons (Fsp3) is 0.167. The molecule has 0 fully saturated rings. The summed E-state index contributed by atoms with van der Waals surface area (Å²) in [6.45, 7) is 2.09. The van der Waals surface area contributed by atoms with Crippen LogP contribution in [0.4, 0.5) is 11.5 Å². The first-order chi connectivity index (χ1) is 16.8. The number of ether oxygens (including phenoxy) is 1. The minimum Gasteiger partial charge on any atom is -0.507 e. The fourth-order valence-electron chi connectivity index (χ4n) is 4.46. The van der Waals surface area contributed by atoms with Crippen LogP contribution in [0.2, 0.25) is 5.02 Å². The number of nitrogen functional groups attached to an aromatic ring is 2. The van der Waals surface area contributed by atoms with Crippen LogP contribution in [0.1, 0.15) is 39.6 Å². The SMILES string of the molecule is Cc1cc(O)c(C2c3cc(Cl)ccc3Oc3nc(N)c(C#N)c(N)c32)c(=O)n1CCc1cnc[nH]1. The molecular weight excluding hydrogens is 470 g/mol. The third-order valence-electron chi connectivity index (χ3n) is 6.13. The van der Waals surface area contributed by atoms with Gasteiger partial charge in [-0.05, 0) is 31.2 Å². The van der Waals surface area contributed by atoms with Crippen LogP contribution in [-0.2, 0) is 13.0 Å². The molecule has 1 aliphatic rings. The molecule has 11 heteroatoms. The van der Waals surface area contributed by atoms with Crippen LogP contribution in [0.25, 0.3) is 0 Å². The predicted molar refractivity (Wildman–Crippen MR) is 130 cm³/mol.